The van der Waals surface area contributed by atoms with Crippen molar-refractivity contribution in [3.63, 3.8) is 0 Å². The molecule has 206 valence electrons. The molecule has 0 radical (unpaired) electrons. The molecule has 0 aliphatic heterocycles. The van der Waals surface area contributed by atoms with Crippen LogP contribution in [-0.4, -0.2) is 32.9 Å². The number of hydrogen-bond acceptors (Lipinski definition) is 7. The Balaban J connectivity index is 1.08. The summed E-state index contributed by atoms with van der Waals surface area (Å²) in [6.07, 6.45) is 8.31. The van der Waals surface area contributed by atoms with E-state index in [0.717, 1.165) is 74.9 Å². The van der Waals surface area contributed by atoms with Crippen LogP contribution in [0.4, 0.5) is 5.69 Å². The first-order valence-corrected chi connectivity index (χ1v) is 14.5. The molecule has 2 aromatic carbocycles. The molecule has 4 aromatic rings. The van der Waals surface area contributed by atoms with E-state index in [9.17, 15) is 4.79 Å². The maximum atomic E-state index is 11.2. The van der Waals surface area contributed by atoms with Crippen LogP contribution >= 0.6 is 23.2 Å². The number of carboxylic acids is 1. The summed E-state index contributed by atoms with van der Waals surface area (Å²) < 4.78 is 11.6. The number of nitrogens with one attached hydrogen (secondary N) is 1. The minimum atomic E-state index is -0.960. The van der Waals surface area contributed by atoms with Gasteiger partial charge in [-0.15, -0.1) is 0 Å². The van der Waals surface area contributed by atoms with E-state index in [-0.39, 0.29) is 16.4 Å². The third-order valence-electron chi connectivity index (χ3n) is 9.18. The van der Waals surface area contributed by atoms with Gasteiger partial charge in [0.05, 0.1) is 15.6 Å². The molecule has 0 saturated heterocycles. The highest BCUT2D eigenvalue weighted by molar-refractivity contribution is 6.39. The van der Waals surface area contributed by atoms with E-state index in [2.05, 4.69) is 15.6 Å². The molecule has 2 N–H and O–H groups in total. The number of fused-ring (bicyclic) bond motifs is 3. The van der Waals surface area contributed by atoms with E-state index in [1.54, 1.807) is 24.3 Å². The Kier molecular flexibility index (Phi) is 6.16. The molecule has 40 heavy (non-hydrogen) atoms. The molecule has 8 nitrogen and oxygen atoms in total. The number of nitrogens with zero attached hydrogens (tertiary/aromatic N) is 3. The third-order valence-corrected chi connectivity index (χ3v) is 9.81. The first-order valence-electron chi connectivity index (χ1n) is 13.7. The first kappa shape index (κ1) is 25.6. The molecule has 0 atom stereocenters. The van der Waals surface area contributed by atoms with Crippen LogP contribution in [0.15, 0.2) is 51.5 Å². The van der Waals surface area contributed by atoms with Crippen molar-refractivity contribution in [1.29, 1.82) is 0 Å². The highest BCUT2D eigenvalue weighted by atomic mass is 35.5. The Morgan fingerprint density at radius 3 is 2.25 bits per heavy atom. The van der Waals surface area contributed by atoms with Crippen LogP contribution < -0.4 is 5.32 Å². The minimum absolute atomic E-state index is 0.110. The van der Waals surface area contributed by atoms with Crippen molar-refractivity contribution in [2.24, 2.45) is 5.41 Å². The molecule has 10 heteroatoms. The molecule has 8 rings (SSSR count). The Labute approximate surface area is 241 Å². The predicted molar refractivity (Wildman–Crippen MR) is 151 cm³/mol. The second kappa shape index (κ2) is 9.63. The predicted octanol–water partition coefficient (Wildman–Crippen LogP) is 7.98. The van der Waals surface area contributed by atoms with Crippen molar-refractivity contribution in [1.82, 2.24) is 15.3 Å². The summed E-state index contributed by atoms with van der Waals surface area (Å²) in [4.78, 5) is 15.9. The fourth-order valence-corrected chi connectivity index (χ4v) is 7.01. The van der Waals surface area contributed by atoms with E-state index in [0.29, 0.717) is 38.9 Å². The smallest absolute Gasteiger partial charge is 0.335 e. The number of aromatic nitrogens is 3. The van der Waals surface area contributed by atoms with Crippen LogP contribution in [0.2, 0.25) is 10.0 Å². The van der Waals surface area contributed by atoms with E-state index in [4.69, 9.17) is 42.3 Å². The highest BCUT2D eigenvalue weighted by Crippen LogP contribution is 2.58. The van der Waals surface area contributed by atoms with Crippen molar-refractivity contribution in [2.75, 3.05) is 11.9 Å². The van der Waals surface area contributed by atoms with Crippen LogP contribution in [0.5, 0.6) is 0 Å². The zero-order valence-electron chi connectivity index (χ0n) is 21.8. The number of anilines is 1. The van der Waals surface area contributed by atoms with Crippen molar-refractivity contribution >= 4 is 34.9 Å². The van der Waals surface area contributed by atoms with E-state index in [1.165, 1.54) is 0 Å². The van der Waals surface area contributed by atoms with Gasteiger partial charge in [-0.3, -0.25) is 0 Å². The SMILES string of the molecule is O=C(O)c1ccc(-c2noc(C34CCC(CNc5c(-c6c(Cl)cccc6Cl)noc5C5CC5)(CC3)CC4)n2)cc1. The lowest BCUT2D eigenvalue weighted by Crippen LogP contribution is -2.47. The molecule has 2 bridgehead atoms. The Bertz CT molecular complexity index is 1550. The van der Waals surface area contributed by atoms with Crippen LogP contribution in [0.3, 0.4) is 0 Å². The topological polar surface area (TPSA) is 114 Å². The first-order chi connectivity index (χ1) is 19.4. The molecule has 2 heterocycles. The quantitative estimate of drug-likeness (QED) is 0.216. The van der Waals surface area contributed by atoms with Crippen LogP contribution in [0.25, 0.3) is 22.6 Å². The molecule has 4 aliphatic rings. The van der Waals surface area contributed by atoms with Gasteiger partial charge in [0.2, 0.25) is 11.7 Å². The van der Waals surface area contributed by atoms with Gasteiger partial charge in [-0.1, -0.05) is 51.7 Å². The second-order valence-corrected chi connectivity index (χ2v) is 12.4. The van der Waals surface area contributed by atoms with Gasteiger partial charge in [-0.25, -0.2) is 4.79 Å². The molecule has 2 aromatic heterocycles. The molecular weight excluding hydrogens is 551 g/mol. The van der Waals surface area contributed by atoms with Gasteiger partial charge in [-0.05, 0) is 81.0 Å². The van der Waals surface area contributed by atoms with Crippen LogP contribution in [-0.2, 0) is 5.41 Å². The average molecular weight is 579 g/mol. The molecule has 4 fully saturated rings. The van der Waals surface area contributed by atoms with Gasteiger partial charge in [0, 0.05) is 29.0 Å². The minimum Gasteiger partial charge on any atom is -0.478 e. The number of benzene rings is 2. The lowest BCUT2D eigenvalue weighted by molar-refractivity contribution is 0.0322. The summed E-state index contributed by atoms with van der Waals surface area (Å²) in [5.74, 6) is 1.52. The number of carboxylic acid groups (broad SMARTS) is 1. The number of rotatable bonds is 8. The number of aromatic carboxylic acids is 1. The lowest BCUT2D eigenvalue weighted by atomic mass is 9.53. The number of carbonyl (C=O) groups is 1. The second-order valence-electron chi connectivity index (χ2n) is 11.6. The van der Waals surface area contributed by atoms with Crippen LogP contribution in [0.1, 0.15) is 79.3 Å². The lowest BCUT2D eigenvalue weighted by Gasteiger charge is -2.52. The van der Waals surface area contributed by atoms with Gasteiger partial charge in [0.15, 0.2) is 5.76 Å². The zero-order valence-corrected chi connectivity index (χ0v) is 23.3. The summed E-state index contributed by atoms with van der Waals surface area (Å²) in [6, 6.07) is 12.0. The molecule has 4 saturated carbocycles. The van der Waals surface area contributed by atoms with E-state index in [1.807, 2.05) is 18.2 Å². The van der Waals surface area contributed by atoms with Gasteiger partial charge >= 0.3 is 5.97 Å². The molecular formula is C30H28Cl2N4O4. The van der Waals surface area contributed by atoms with E-state index >= 15 is 0 Å². The van der Waals surface area contributed by atoms with Crippen molar-refractivity contribution < 1.29 is 18.9 Å². The summed E-state index contributed by atoms with van der Waals surface area (Å²) in [7, 11) is 0. The molecule has 4 aliphatic carbocycles. The summed E-state index contributed by atoms with van der Waals surface area (Å²) in [5, 5.41) is 22.7. The summed E-state index contributed by atoms with van der Waals surface area (Å²) in [6.45, 7) is 0.824. The maximum Gasteiger partial charge on any atom is 0.335 e. The van der Waals surface area contributed by atoms with Gasteiger partial charge in [0.25, 0.3) is 0 Å². The monoisotopic (exact) mass is 578 g/mol. The Hall–Kier alpha value is -3.36. The third kappa shape index (κ3) is 4.38. The molecule has 0 spiro atoms. The van der Waals surface area contributed by atoms with Crippen molar-refractivity contribution in [2.45, 2.75) is 62.7 Å². The fourth-order valence-electron chi connectivity index (χ4n) is 6.44. The summed E-state index contributed by atoms with van der Waals surface area (Å²) >= 11 is 13.1. The normalized spacial score (nSPS) is 23.9. The van der Waals surface area contributed by atoms with Crippen LogP contribution in [0, 0.1) is 5.41 Å². The van der Waals surface area contributed by atoms with Crippen molar-refractivity contribution in [3.8, 4) is 22.6 Å². The highest BCUT2D eigenvalue weighted by Gasteiger charge is 2.52. The standard InChI is InChI=1S/C30H28Cl2N4O4/c31-20-2-1-3-21(32)22(20)23-24(25(39-35-23)17-4-5-17)33-16-29-10-13-30(14-11-29,15-12-29)28-34-26(36-40-28)18-6-8-19(9-7-18)27(37)38/h1-3,6-9,17,33H,4-5,10-16H2,(H,37,38). The maximum absolute atomic E-state index is 11.2. The number of halogens is 2. The molecule has 0 unspecified atom stereocenters. The average Bonchev–Trinajstić information content (AvgIpc) is 3.53. The van der Waals surface area contributed by atoms with Crippen molar-refractivity contribution in [3.05, 3.63) is 69.7 Å². The van der Waals surface area contributed by atoms with Gasteiger partial charge in [0.1, 0.15) is 11.4 Å². The molecule has 0 amide bonds. The Morgan fingerprint density at radius 1 is 0.950 bits per heavy atom. The van der Waals surface area contributed by atoms with E-state index < -0.39 is 5.97 Å². The zero-order chi connectivity index (χ0) is 27.5. The largest absolute Gasteiger partial charge is 0.478 e. The fraction of sp³-hybridized carbons (Fsp3) is 0.400. The summed E-state index contributed by atoms with van der Waals surface area (Å²) in [5.41, 5.74) is 3.34. The Morgan fingerprint density at radius 2 is 1.62 bits per heavy atom. The number of hydrogen-bond donors (Lipinski definition) is 2. The van der Waals surface area contributed by atoms with Gasteiger partial charge < -0.3 is 19.5 Å². The van der Waals surface area contributed by atoms with Gasteiger partial charge in [-0.2, -0.15) is 4.98 Å².